The van der Waals surface area contributed by atoms with Gasteiger partial charge in [0.2, 0.25) is 0 Å². The van der Waals surface area contributed by atoms with E-state index in [1.54, 1.807) is 0 Å². The van der Waals surface area contributed by atoms with Crippen LogP contribution in [0.3, 0.4) is 0 Å². The Bertz CT molecular complexity index is 190. The van der Waals surface area contributed by atoms with E-state index in [0.717, 1.165) is 17.8 Å². The predicted molar refractivity (Wildman–Crippen MR) is 66.0 cm³/mol. The zero-order chi connectivity index (χ0) is 10.7. The average molecular weight is 209 g/mol. The number of piperidine rings is 1. The number of rotatable bonds is 2. The third-order valence-electron chi connectivity index (χ3n) is 4.52. The normalized spacial score (nSPS) is 39.2. The Balaban J connectivity index is 1.79. The highest BCUT2D eigenvalue weighted by molar-refractivity contribution is 4.78. The van der Waals surface area contributed by atoms with E-state index in [1.807, 2.05) is 0 Å². The summed E-state index contributed by atoms with van der Waals surface area (Å²) in [4.78, 5) is 2.74. The summed E-state index contributed by atoms with van der Waals surface area (Å²) in [5, 5.41) is 0. The first kappa shape index (κ1) is 11.4. The maximum Gasteiger partial charge on any atom is 0.00123 e. The van der Waals surface area contributed by atoms with Crippen LogP contribution >= 0.6 is 0 Å². The molecule has 0 aromatic carbocycles. The number of hydrogen-bond acceptors (Lipinski definition) is 1. The van der Waals surface area contributed by atoms with Crippen LogP contribution in [0.15, 0.2) is 0 Å². The third-order valence-corrected chi connectivity index (χ3v) is 4.52. The summed E-state index contributed by atoms with van der Waals surface area (Å²) in [6.07, 6.45) is 8.82. The van der Waals surface area contributed by atoms with Gasteiger partial charge in [-0.2, -0.15) is 0 Å². The maximum absolute atomic E-state index is 2.74. The van der Waals surface area contributed by atoms with E-state index in [0.29, 0.717) is 0 Å². The van der Waals surface area contributed by atoms with Crippen molar-refractivity contribution >= 4 is 0 Å². The van der Waals surface area contributed by atoms with Gasteiger partial charge in [0.15, 0.2) is 0 Å². The molecule has 1 heteroatoms. The molecule has 1 saturated carbocycles. The SMILES string of the molecule is CC1CCCN(CC2CCCCC2C)C1. The lowest BCUT2D eigenvalue weighted by Crippen LogP contribution is -2.39. The van der Waals surface area contributed by atoms with Crippen molar-refractivity contribution in [3.63, 3.8) is 0 Å². The first-order chi connectivity index (χ1) is 7.25. The Morgan fingerprint density at radius 2 is 1.80 bits per heavy atom. The van der Waals surface area contributed by atoms with Gasteiger partial charge in [0.1, 0.15) is 0 Å². The summed E-state index contributed by atoms with van der Waals surface area (Å²) in [6, 6.07) is 0. The summed E-state index contributed by atoms with van der Waals surface area (Å²) < 4.78 is 0. The van der Waals surface area contributed by atoms with Gasteiger partial charge in [0.25, 0.3) is 0 Å². The fourth-order valence-corrected chi connectivity index (χ4v) is 3.45. The molecule has 0 aromatic rings. The highest BCUT2D eigenvalue weighted by Crippen LogP contribution is 2.31. The summed E-state index contributed by atoms with van der Waals surface area (Å²) in [7, 11) is 0. The topological polar surface area (TPSA) is 3.24 Å². The number of likely N-dealkylation sites (tertiary alicyclic amines) is 1. The van der Waals surface area contributed by atoms with E-state index in [1.165, 1.54) is 58.2 Å². The molecule has 2 aliphatic rings. The molecule has 2 fully saturated rings. The monoisotopic (exact) mass is 209 g/mol. The van der Waals surface area contributed by atoms with Crippen molar-refractivity contribution in [1.29, 1.82) is 0 Å². The van der Waals surface area contributed by atoms with E-state index < -0.39 is 0 Å². The molecule has 1 aliphatic heterocycles. The Hall–Kier alpha value is -0.0400. The van der Waals surface area contributed by atoms with Crippen molar-refractivity contribution in [3.8, 4) is 0 Å². The lowest BCUT2D eigenvalue weighted by Gasteiger charge is -2.37. The Morgan fingerprint density at radius 3 is 2.53 bits per heavy atom. The van der Waals surface area contributed by atoms with Gasteiger partial charge in [-0.1, -0.05) is 33.1 Å². The van der Waals surface area contributed by atoms with Crippen molar-refractivity contribution in [1.82, 2.24) is 4.90 Å². The molecular formula is C14H27N. The van der Waals surface area contributed by atoms with Crippen molar-refractivity contribution in [3.05, 3.63) is 0 Å². The summed E-state index contributed by atoms with van der Waals surface area (Å²) in [6.45, 7) is 9.01. The third kappa shape index (κ3) is 3.21. The van der Waals surface area contributed by atoms with Crippen LogP contribution in [0.25, 0.3) is 0 Å². The van der Waals surface area contributed by atoms with Gasteiger partial charge in [0.05, 0.1) is 0 Å². The fourth-order valence-electron chi connectivity index (χ4n) is 3.45. The summed E-state index contributed by atoms with van der Waals surface area (Å²) in [5.74, 6) is 2.93. The molecule has 0 N–H and O–H groups in total. The van der Waals surface area contributed by atoms with Crippen molar-refractivity contribution in [2.24, 2.45) is 17.8 Å². The lowest BCUT2D eigenvalue weighted by molar-refractivity contribution is 0.120. The second-order valence-electron chi connectivity index (χ2n) is 6.03. The zero-order valence-electron chi connectivity index (χ0n) is 10.5. The predicted octanol–water partition coefficient (Wildman–Crippen LogP) is 3.54. The Kier molecular flexibility index (Phi) is 4.07. The van der Waals surface area contributed by atoms with Crippen LogP contribution < -0.4 is 0 Å². The molecule has 1 aliphatic carbocycles. The molecule has 0 bridgehead atoms. The van der Waals surface area contributed by atoms with Crippen molar-refractivity contribution in [2.45, 2.75) is 52.4 Å². The van der Waals surface area contributed by atoms with Crippen molar-refractivity contribution < 1.29 is 0 Å². The average Bonchev–Trinajstić information content (AvgIpc) is 2.22. The molecule has 0 amide bonds. The first-order valence-corrected chi connectivity index (χ1v) is 6.98. The second kappa shape index (κ2) is 5.34. The van der Waals surface area contributed by atoms with Gasteiger partial charge in [0, 0.05) is 13.1 Å². The van der Waals surface area contributed by atoms with Crippen LogP contribution in [0.1, 0.15) is 52.4 Å². The van der Waals surface area contributed by atoms with E-state index in [2.05, 4.69) is 18.7 Å². The molecule has 3 unspecified atom stereocenters. The van der Waals surface area contributed by atoms with E-state index >= 15 is 0 Å². The molecule has 3 atom stereocenters. The molecule has 1 nitrogen and oxygen atoms in total. The highest BCUT2D eigenvalue weighted by atomic mass is 15.1. The maximum atomic E-state index is 2.74. The van der Waals surface area contributed by atoms with Crippen LogP contribution in [0.5, 0.6) is 0 Å². The van der Waals surface area contributed by atoms with Gasteiger partial charge in [-0.05, 0) is 43.6 Å². The van der Waals surface area contributed by atoms with Crippen LogP contribution in [0.4, 0.5) is 0 Å². The highest BCUT2D eigenvalue weighted by Gasteiger charge is 2.25. The van der Waals surface area contributed by atoms with Crippen LogP contribution in [-0.2, 0) is 0 Å². The molecule has 0 radical (unpaired) electrons. The number of hydrogen-bond donors (Lipinski definition) is 0. The van der Waals surface area contributed by atoms with Gasteiger partial charge >= 0.3 is 0 Å². The van der Waals surface area contributed by atoms with Crippen LogP contribution in [0.2, 0.25) is 0 Å². The van der Waals surface area contributed by atoms with Gasteiger partial charge in [-0.3, -0.25) is 0 Å². The second-order valence-corrected chi connectivity index (χ2v) is 6.03. The summed E-state index contributed by atoms with van der Waals surface area (Å²) >= 11 is 0. The fraction of sp³-hybridized carbons (Fsp3) is 1.00. The molecule has 2 rings (SSSR count). The lowest BCUT2D eigenvalue weighted by atomic mass is 9.80. The molecule has 88 valence electrons. The van der Waals surface area contributed by atoms with Gasteiger partial charge in [-0.15, -0.1) is 0 Å². The first-order valence-electron chi connectivity index (χ1n) is 6.98. The van der Waals surface area contributed by atoms with E-state index in [-0.39, 0.29) is 0 Å². The minimum atomic E-state index is 0.942. The quantitative estimate of drug-likeness (QED) is 0.672. The van der Waals surface area contributed by atoms with E-state index in [9.17, 15) is 0 Å². The minimum absolute atomic E-state index is 0.942. The van der Waals surface area contributed by atoms with Crippen LogP contribution in [-0.4, -0.2) is 24.5 Å². The van der Waals surface area contributed by atoms with Crippen LogP contribution in [0, 0.1) is 17.8 Å². The van der Waals surface area contributed by atoms with Crippen molar-refractivity contribution in [2.75, 3.05) is 19.6 Å². The van der Waals surface area contributed by atoms with Gasteiger partial charge < -0.3 is 4.90 Å². The minimum Gasteiger partial charge on any atom is -0.303 e. The molecular weight excluding hydrogens is 182 g/mol. The molecule has 15 heavy (non-hydrogen) atoms. The van der Waals surface area contributed by atoms with Gasteiger partial charge in [-0.25, -0.2) is 0 Å². The Morgan fingerprint density at radius 1 is 1.00 bits per heavy atom. The number of nitrogens with zero attached hydrogens (tertiary/aromatic N) is 1. The molecule has 1 heterocycles. The summed E-state index contributed by atoms with van der Waals surface area (Å²) in [5.41, 5.74) is 0. The zero-order valence-corrected chi connectivity index (χ0v) is 10.5. The molecule has 0 aromatic heterocycles. The molecule has 1 saturated heterocycles. The Labute approximate surface area is 95.2 Å². The molecule has 0 spiro atoms. The van der Waals surface area contributed by atoms with E-state index in [4.69, 9.17) is 0 Å². The largest absolute Gasteiger partial charge is 0.303 e. The smallest absolute Gasteiger partial charge is 0.00123 e. The standard InChI is InChI=1S/C14H27N/c1-12-6-5-9-15(10-12)11-14-8-4-3-7-13(14)2/h12-14H,3-11H2,1-2H3.